The summed E-state index contributed by atoms with van der Waals surface area (Å²) in [5, 5.41) is 2.70. The second-order valence-corrected chi connectivity index (χ2v) is 6.10. The molecule has 0 spiro atoms. The Balaban J connectivity index is 1.74. The van der Waals surface area contributed by atoms with Crippen molar-refractivity contribution in [2.45, 2.75) is 38.4 Å². The molecule has 22 heavy (non-hydrogen) atoms. The number of hydrogen-bond acceptors (Lipinski definition) is 3. The minimum atomic E-state index is -0.0885. The molecule has 2 saturated heterocycles. The van der Waals surface area contributed by atoms with Gasteiger partial charge >= 0.3 is 0 Å². The first-order valence-corrected chi connectivity index (χ1v) is 8.01. The number of fused-ring (bicyclic) bond motifs is 1. The van der Waals surface area contributed by atoms with Crippen molar-refractivity contribution in [2.75, 3.05) is 19.6 Å². The minimum absolute atomic E-state index is 0.0542. The molecule has 0 aliphatic carbocycles. The van der Waals surface area contributed by atoms with Gasteiger partial charge in [-0.05, 0) is 18.4 Å². The fourth-order valence-electron chi connectivity index (χ4n) is 3.61. The first-order valence-electron chi connectivity index (χ1n) is 8.01. The minimum Gasteiger partial charge on any atom is -0.356 e. The predicted molar refractivity (Wildman–Crippen MR) is 83.9 cm³/mol. The van der Waals surface area contributed by atoms with Crippen LogP contribution in [0.15, 0.2) is 30.3 Å². The van der Waals surface area contributed by atoms with Crippen LogP contribution in [0, 0.1) is 0 Å². The Labute approximate surface area is 131 Å². The van der Waals surface area contributed by atoms with E-state index in [4.69, 9.17) is 0 Å². The summed E-state index contributed by atoms with van der Waals surface area (Å²) in [5.41, 5.74) is 1.18. The second kappa shape index (κ2) is 6.48. The number of carbonyl (C=O) groups excluding carboxylic acids is 2. The zero-order valence-electron chi connectivity index (χ0n) is 13.0. The number of benzene rings is 1. The van der Waals surface area contributed by atoms with Crippen molar-refractivity contribution >= 4 is 11.8 Å². The molecule has 0 saturated carbocycles. The summed E-state index contributed by atoms with van der Waals surface area (Å²) < 4.78 is 0. The van der Waals surface area contributed by atoms with Gasteiger partial charge in [-0.15, -0.1) is 0 Å². The monoisotopic (exact) mass is 301 g/mol. The molecule has 0 radical (unpaired) electrons. The van der Waals surface area contributed by atoms with Gasteiger partial charge in [-0.3, -0.25) is 14.5 Å². The van der Waals surface area contributed by atoms with Gasteiger partial charge in [-0.1, -0.05) is 30.3 Å². The standard InChI is InChI=1S/C17H23N3O2/c1-13(21)18-10-9-16(22)20-12-15-8-5-11-19(15)17(20)14-6-3-2-4-7-14/h2-4,6-7,15,17H,5,8-12H2,1H3,(H,18,21). The largest absolute Gasteiger partial charge is 0.356 e. The molecule has 2 atom stereocenters. The molecule has 2 fully saturated rings. The van der Waals surface area contributed by atoms with Gasteiger partial charge in [0, 0.05) is 39.0 Å². The van der Waals surface area contributed by atoms with Crippen molar-refractivity contribution < 1.29 is 9.59 Å². The number of hydrogen-bond donors (Lipinski definition) is 1. The molecule has 0 aromatic heterocycles. The smallest absolute Gasteiger partial charge is 0.225 e. The van der Waals surface area contributed by atoms with Crippen LogP contribution in [0.4, 0.5) is 0 Å². The van der Waals surface area contributed by atoms with Gasteiger partial charge in [0.2, 0.25) is 11.8 Å². The van der Waals surface area contributed by atoms with E-state index in [-0.39, 0.29) is 18.0 Å². The maximum Gasteiger partial charge on any atom is 0.225 e. The first kappa shape index (κ1) is 15.0. The molecule has 2 heterocycles. The van der Waals surface area contributed by atoms with E-state index in [2.05, 4.69) is 22.3 Å². The highest BCUT2D eigenvalue weighted by atomic mass is 16.2. The Hall–Kier alpha value is -1.88. The van der Waals surface area contributed by atoms with Gasteiger partial charge in [0.1, 0.15) is 6.17 Å². The molecule has 1 aromatic carbocycles. The number of nitrogens with one attached hydrogen (secondary N) is 1. The summed E-state index contributed by atoms with van der Waals surface area (Å²) in [6, 6.07) is 10.7. The molecule has 0 bridgehead atoms. The third kappa shape index (κ3) is 2.99. The van der Waals surface area contributed by atoms with Crippen LogP contribution in [0.25, 0.3) is 0 Å². The zero-order valence-corrected chi connectivity index (χ0v) is 13.0. The van der Waals surface area contributed by atoms with Crippen LogP contribution in [0.1, 0.15) is 37.9 Å². The Morgan fingerprint density at radius 1 is 1.27 bits per heavy atom. The number of amides is 2. The van der Waals surface area contributed by atoms with Crippen molar-refractivity contribution in [3.63, 3.8) is 0 Å². The van der Waals surface area contributed by atoms with E-state index in [1.165, 1.54) is 25.3 Å². The van der Waals surface area contributed by atoms with Crippen LogP contribution >= 0.6 is 0 Å². The maximum absolute atomic E-state index is 12.6. The van der Waals surface area contributed by atoms with Crippen LogP contribution in [0.5, 0.6) is 0 Å². The Morgan fingerprint density at radius 2 is 2.05 bits per heavy atom. The van der Waals surface area contributed by atoms with E-state index in [1.54, 1.807) is 0 Å². The second-order valence-electron chi connectivity index (χ2n) is 6.10. The molecule has 5 nitrogen and oxygen atoms in total. The SMILES string of the molecule is CC(=O)NCCC(=O)N1CC2CCCN2C1c1ccccc1. The fraction of sp³-hybridized carbons (Fsp3) is 0.529. The Kier molecular flexibility index (Phi) is 4.43. The molecule has 2 unspecified atom stereocenters. The molecule has 1 N–H and O–H groups in total. The average molecular weight is 301 g/mol. The highest BCUT2D eigenvalue weighted by Gasteiger charge is 2.44. The maximum atomic E-state index is 12.6. The summed E-state index contributed by atoms with van der Waals surface area (Å²) in [6.07, 6.45) is 2.79. The predicted octanol–water partition coefficient (Wildman–Crippen LogP) is 1.52. The molecule has 118 valence electrons. The molecule has 1 aromatic rings. The van der Waals surface area contributed by atoms with Crippen molar-refractivity contribution in [1.82, 2.24) is 15.1 Å². The van der Waals surface area contributed by atoms with Gasteiger partial charge in [0.25, 0.3) is 0 Å². The van der Waals surface area contributed by atoms with Crippen LogP contribution in [-0.2, 0) is 9.59 Å². The summed E-state index contributed by atoms with van der Waals surface area (Å²) >= 11 is 0. The summed E-state index contributed by atoms with van der Waals surface area (Å²) in [6.45, 7) is 3.75. The average Bonchev–Trinajstić information content (AvgIpc) is 3.07. The van der Waals surface area contributed by atoms with Crippen LogP contribution < -0.4 is 5.32 Å². The molecule has 5 heteroatoms. The third-order valence-corrected chi connectivity index (χ3v) is 4.57. The molecular weight excluding hydrogens is 278 g/mol. The number of carbonyl (C=O) groups is 2. The van der Waals surface area contributed by atoms with Gasteiger partial charge in [0.15, 0.2) is 0 Å². The Morgan fingerprint density at radius 3 is 2.77 bits per heavy atom. The summed E-state index contributed by atoms with van der Waals surface area (Å²) in [4.78, 5) is 28.0. The van der Waals surface area contributed by atoms with Crippen molar-refractivity contribution in [3.05, 3.63) is 35.9 Å². The molecule has 2 amide bonds. The normalized spacial score (nSPS) is 24.3. The lowest BCUT2D eigenvalue weighted by Gasteiger charge is -2.30. The van der Waals surface area contributed by atoms with Crippen molar-refractivity contribution in [1.29, 1.82) is 0 Å². The number of nitrogens with zero attached hydrogens (tertiary/aromatic N) is 2. The first-order chi connectivity index (χ1) is 10.7. The van der Waals surface area contributed by atoms with Gasteiger partial charge in [-0.25, -0.2) is 0 Å². The third-order valence-electron chi connectivity index (χ3n) is 4.57. The van der Waals surface area contributed by atoms with Gasteiger partial charge < -0.3 is 10.2 Å². The topological polar surface area (TPSA) is 52.7 Å². The molecule has 2 aliphatic heterocycles. The lowest BCUT2D eigenvalue weighted by molar-refractivity contribution is -0.133. The van der Waals surface area contributed by atoms with E-state index in [1.807, 2.05) is 23.1 Å². The molecular formula is C17H23N3O2. The lowest BCUT2D eigenvalue weighted by Crippen LogP contribution is -2.37. The van der Waals surface area contributed by atoms with E-state index in [0.717, 1.165) is 13.1 Å². The van der Waals surface area contributed by atoms with Gasteiger partial charge in [-0.2, -0.15) is 0 Å². The van der Waals surface area contributed by atoms with Crippen LogP contribution in [0.2, 0.25) is 0 Å². The number of rotatable bonds is 4. The fourth-order valence-corrected chi connectivity index (χ4v) is 3.61. The van der Waals surface area contributed by atoms with Crippen molar-refractivity contribution in [3.8, 4) is 0 Å². The highest BCUT2D eigenvalue weighted by Crippen LogP contribution is 2.38. The van der Waals surface area contributed by atoms with E-state index in [0.29, 0.717) is 19.0 Å². The van der Waals surface area contributed by atoms with Crippen molar-refractivity contribution in [2.24, 2.45) is 0 Å². The van der Waals surface area contributed by atoms with E-state index >= 15 is 0 Å². The quantitative estimate of drug-likeness (QED) is 0.917. The Bertz CT molecular complexity index is 546. The zero-order chi connectivity index (χ0) is 15.5. The molecule has 2 aliphatic rings. The van der Waals surface area contributed by atoms with Crippen LogP contribution in [0.3, 0.4) is 0 Å². The van der Waals surface area contributed by atoms with Gasteiger partial charge in [0.05, 0.1) is 0 Å². The summed E-state index contributed by atoms with van der Waals surface area (Å²) in [7, 11) is 0. The van der Waals surface area contributed by atoms with E-state index < -0.39 is 0 Å². The highest BCUT2D eigenvalue weighted by molar-refractivity contribution is 5.78. The van der Waals surface area contributed by atoms with E-state index in [9.17, 15) is 9.59 Å². The van der Waals surface area contributed by atoms with Crippen LogP contribution in [-0.4, -0.2) is 47.3 Å². The lowest BCUT2D eigenvalue weighted by atomic mass is 10.1. The summed E-state index contributed by atoms with van der Waals surface area (Å²) in [5.74, 6) is 0.0338. The molecule has 3 rings (SSSR count).